The zero-order chi connectivity index (χ0) is 18.7. The van der Waals surface area contributed by atoms with Gasteiger partial charge >= 0.3 is 0 Å². The molecule has 3 aromatic rings. The number of carbonyl (C=O) groups is 2. The first-order chi connectivity index (χ1) is 12.5. The Morgan fingerprint density at radius 3 is 2.69 bits per heavy atom. The Bertz CT molecular complexity index is 979. The van der Waals surface area contributed by atoms with Crippen molar-refractivity contribution in [2.24, 2.45) is 0 Å². The highest BCUT2D eigenvalue weighted by atomic mass is 16.2. The quantitative estimate of drug-likeness (QED) is 0.732. The summed E-state index contributed by atoms with van der Waals surface area (Å²) in [6.07, 6.45) is 0.856. The first kappa shape index (κ1) is 17.5. The maximum absolute atomic E-state index is 12.5. The van der Waals surface area contributed by atoms with Crippen LogP contribution in [0.3, 0.4) is 0 Å². The average Bonchev–Trinajstić information content (AvgIpc) is 3.04. The fraction of sp³-hybridized carbons (Fsp3) is 0.278. The number of hydrogen-bond donors (Lipinski definition) is 2. The molecule has 0 spiro atoms. The number of benzene rings is 1. The van der Waals surface area contributed by atoms with Crippen LogP contribution < -0.4 is 10.6 Å². The molecule has 2 N–H and O–H groups in total. The third-order valence-corrected chi connectivity index (χ3v) is 3.74. The minimum atomic E-state index is -0.460. The van der Waals surface area contributed by atoms with E-state index in [0.29, 0.717) is 23.6 Å². The third kappa shape index (κ3) is 3.69. The van der Waals surface area contributed by atoms with E-state index in [0.717, 1.165) is 17.8 Å². The number of amides is 2. The zero-order valence-electron chi connectivity index (χ0n) is 14.9. The summed E-state index contributed by atoms with van der Waals surface area (Å²) in [5.41, 5.74) is 2.63. The summed E-state index contributed by atoms with van der Waals surface area (Å²) in [5, 5.41) is 9.72. The van der Waals surface area contributed by atoms with Gasteiger partial charge in [0.15, 0.2) is 0 Å². The van der Waals surface area contributed by atoms with E-state index in [9.17, 15) is 9.59 Å². The van der Waals surface area contributed by atoms with Crippen molar-refractivity contribution in [1.82, 2.24) is 24.9 Å². The fourth-order valence-corrected chi connectivity index (χ4v) is 2.53. The van der Waals surface area contributed by atoms with Gasteiger partial charge in [0, 0.05) is 29.2 Å². The van der Waals surface area contributed by atoms with Gasteiger partial charge in [0.05, 0.1) is 0 Å². The van der Waals surface area contributed by atoms with E-state index >= 15 is 0 Å². The van der Waals surface area contributed by atoms with Gasteiger partial charge in [-0.3, -0.25) is 9.59 Å². The molecule has 2 aromatic heterocycles. The van der Waals surface area contributed by atoms with E-state index in [-0.39, 0.29) is 11.7 Å². The Morgan fingerprint density at radius 1 is 1.12 bits per heavy atom. The molecule has 0 aliphatic heterocycles. The number of hydrogen-bond acceptors (Lipinski definition) is 5. The summed E-state index contributed by atoms with van der Waals surface area (Å²) in [4.78, 5) is 32.9. The van der Waals surface area contributed by atoms with Crippen molar-refractivity contribution >= 4 is 23.3 Å². The van der Waals surface area contributed by atoms with Crippen molar-refractivity contribution in [3.63, 3.8) is 0 Å². The molecule has 26 heavy (non-hydrogen) atoms. The van der Waals surface area contributed by atoms with Crippen LogP contribution in [0.4, 0.5) is 5.69 Å². The van der Waals surface area contributed by atoms with Gasteiger partial charge in [0.25, 0.3) is 17.6 Å². The highest BCUT2D eigenvalue weighted by molar-refractivity contribution is 6.03. The summed E-state index contributed by atoms with van der Waals surface area (Å²) in [6.45, 7) is 6.32. The van der Waals surface area contributed by atoms with Crippen LogP contribution in [0.1, 0.15) is 45.7 Å². The molecule has 0 aliphatic carbocycles. The van der Waals surface area contributed by atoms with Crippen molar-refractivity contribution in [2.45, 2.75) is 27.2 Å². The topological polar surface area (TPSA) is 101 Å². The van der Waals surface area contributed by atoms with Gasteiger partial charge in [-0.2, -0.15) is 4.98 Å². The van der Waals surface area contributed by atoms with Crippen LogP contribution in [0, 0.1) is 13.8 Å². The molecule has 1 aromatic carbocycles. The van der Waals surface area contributed by atoms with Crippen molar-refractivity contribution in [2.75, 3.05) is 11.9 Å². The highest BCUT2D eigenvalue weighted by Crippen LogP contribution is 2.12. The van der Waals surface area contributed by atoms with Crippen LogP contribution in [0.25, 0.3) is 5.78 Å². The number of carbonyl (C=O) groups excluding carboxylic acids is 2. The number of nitrogens with one attached hydrogen (secondary N) is 2. The monoisotopic (exact) mass is 352 g/mol. The van der Waals surface area contributed by atoms with Gasteiger partial charge in [-0.25, -0.2) is 9.50 Å². The molecule has 0 radical (unpaired) electrons. The lowest BCUT2D eigenvalue weighted by Gasteiger charge is -2.06. The van der Waals surface area contributed by atoms with Crippen LogP contribution in [0.5, 0.6) is 0 Å². The highest BCUT2D eigenvalue weighted by Gasteiger charge is 2.16. The zero-order valence-corrected chi connectivity index (χ0v) is 14.9. The Labute approximate surface area is 150 Å². The molecule has 8 heteroatoms. The van der Waals surface area contributed by atoms with Gasteiger partial charge in [-0.05, 0) is 44.5 Å². The van der Waals surface area contributed by atoms with E-state index in [4.69, 9.17) is 0 Å². The van der Waals surface area contributed by atoms with E-state index in [1.165, 1.54) is 4.52 Å². The molecule has 2 amide bonds. The van der Waals surface area contributed by atoms with Gasteiger partial charge < -0.3 is 10.6 Å². The van der Waals surface area contributed by atoms with Crippen LogP contribution in [0.2, 0.25) is 0 Å². The number of fused-ring (bicyclic) bond motifs is 1. The molecule has 0 saturated carbocycles. The Morgan fingerprint density at radius 2 is 1.92 bits per heavy atom. The summed E-state index contributed by atoms with van der Waals surface area (Å²) < 4.78 is 1.52. The SMILES string of the molecule is CCCNC(=O)c1cccc(NC(=O)c2nc3nc(C)cc(C)n3n2)c1. The van der Waals surface area contributed by atoms with Crippen molar-refractivity contribution in [3.05, 3.63) is 53.1 Å². The lowest BCUT2D eigenvalue weighted by Crippen LogP contribution is -2.24. The van der Waals surface area contributed by atoms with Gasteiger partial charge in [-0.15, -0.1) is 5.10 Å². The average molecular weight is 352 g/mol. The number of nitrogens with zero attached hydrogens (tertiary/aromatic N) is 4. The molecule has 134 valence electrons. The molecule has 2 heterocycles. The third-order valence-electron chi connectivity index (χ3n) is 3.74. The summed E-state index contributed by atoms with van der Waals surface area (Å²) in [5.74, 6) is -0.241. The number of rotatable bonds is 5. The fourth-order valence-electron chi connectivity index (χ4n) is 2.53. The van der Waals surface area contributed by atoms with Crippen molar-refractivity contribution in [3.8, 4) is 0 Å². The van der Waals surface area contributed by atoms with Crippen LogP contribution >= 0.6 is 0 Å². The van der Waals surface area contributed by atoms with Crippen LogP contribution in [0.15, 0.2) is 30.3 Å². The van der Waals surface area contributed by atoms with Gasteiger partial charge in [-0.1, -0.05) is 13.0 Å². The predicted octanol–water partition coefficient (Wildman–Crippen LogP) is 2.13. The molecular weight excluding hydrogens is 332 g/mol. The van der Waals surface area contributed by atoms with E-state index < -0.39 is 5.91 Å². The maximum Gasteiger partial charge on any atom is 0.295 e. The lowest BCUT2D eigenvalue weighted by molar-refractivity contribution is 0.0952. The molecule has 0 unspecified atom stereocenters. The standard InChI is InChI=1S/C18H20N6O2/c1-4-8-19-16(25)13-6-5-7-14(10-13)21-17(26)15-22-18-20-11(2)9-12(3)24(18)23-15/h5-7,9-10H,4,8H2,1-3H3,(H,19,25)(H,21,26). The van der Waals surface area contributed by atoms with Crippen molar-refractivity contribution < 1.29 is 9.59 Å². The lowest BCUT2D eigenvalue weighted by atomic mass is 10.2. The molecule has 0 atom stereocenters. The van der Waals surface area contributed by atoms with E-state index in [2.05, 4.69) is 25.7 Å². The largest absolute Gasteiger partial charge is 0.352 e. The van der Waals surface area contributed by atoms with Gasteiger partial charge in [0.1, 0.15) is 0 Å². The second kappa shape index (κ2) is 7.30. The van der Waals surface area contributed by atoms with Gasteiger partial charge in [0.2, 0.25) is 5.82 Å². The summed E-state index contributed by atoms with van der Waals surface area (Å²) in [7, 11) is 0. The number of aromatic nitrogens is 4. The first-order valence-electron chi connectivity index (χ1n) is 8.38. The minimum absolute atomic E-state index is 0.0204. The molecular formula is C18H20N6O2. The molecule has 8 nitrogen and oxygen atoms in total. The summed E-state index contributed by atoms with van der Waals surface area (Å²) in [6, 6.07) is 8.59. The second-order valence-electron chi connectivity index (χ2n) is 5.98. The van der Waals surface area contributed by atoms with Crippen LogP contribution in [-0.4, -0.2) is 37.9 Å². The van der Waals surface area contributed by atoms with E-state index in [1.807, 2.05) is 26.8 Å². The first-order valence-corrected chi connectivity index (χ1v) is 8.38. The smallest absolute Gasteiger partial charge is 0.295 e. The van der Waals surface area contributed by atoms with E-state index in [1.54, 1.807) is 24.3 Å². The maximum atomic E-state index is 12.5. The van der Waals surface area contributed by atoms with Crippen molar-refractivity contribution in [1.29, 1.82) is 0 Å². The Hall–Kier alpha value is -3.29. The normalized spacial score (nSPS) is 10.7. The Balaban J connectivity index is 1.80. The molecule has 0 saturated heterocycles. The minimum Gasteiger partial charge on any atom is -0.352 e. The van der Waals surface area contributed by atoms with Crippen LogP contribution in [-0.2, 0) is 0 Å². The number of aryl methyl sites for hydroxylation is 2. The Kier molecular flexibility index (Phi) is 4.92. The molecule has 3 rings (SSSR count). The molecule has 0 fully saturated rings. The summed E-state index contributed by atoms with van der Waals surface area (Å²) >= 11 is 0. The molecule has 0 aliphatic rings. The second-order valence-corrected chi connectivity index (χ2v) is 5.98. The predicted molar refractivity (Wildman–Crippen MR) is 97.3 cm³/mol. The molecule has 0 bridgehead atoms. The number of anilines is 1.